The van der Waals surface area contributed by atoms with Gasteiger partial charge in [-0.3, -0.25) is 9.48 Å². The lowest BCUT2D eigenvalue weighted by atomic mass is 9.89. The van der Waals surface area contributed by atoms with Crippen molar-refractivity contribution in [1.29, 1.82) is 0 Å². The largest absolute Gasteiger partial charge is 0.391 e. The molecule has 0 aromatic carbocycles. The van der Waals surface area contributed by atoms with Crippen LogP contribution in [0.5, 0.6) is 0 Å². The molecule has 0 saturated carbocycles. The highest BCUT2D eigenvalue weighted by Crippen LogP contribution is 2.31. The number of aryl methyl sites for hydroxylation is 1. The zero-order valence-corrected chi connectivity index (χ0v) is 14.9. The van der Waals surface area contributed by atoms with Crippen molar-refractivity contribution in [2.75, 3.05) is 6.54 Å². The van der Waals surface area contributed by atoms with Crippen LogP contribution < -0.4 is 5.32 Å². The van der Waals surface area contributed by atoms with Crippen LogP contribution in [-0.2, 0) is 7.05 Å². The fourth-order valence-corrected chi connectivity index (χ4v) is 3.18. The summed E-state index contributed by atoms with van der Waals surface area (Å²) < 4.78 is 1.83. The van der Waals surface area contributed by atoms with Crippen molar-refractivity contribution >= 4 is 27.5 Å². The maximum absolute atomic E-state index is 12.3. The zero-order chi connectivity index (χ0) is 16.7. The number of amides is 1. The van der Waals surface area contributed by atoms with E-state index >= 15 is 0 Å². The van der Waals surface area contributed by atoms with E-state index in [0.29, 0.717) is 10.8 Å². The van der Waals surface area contributed by atoms with E-state index in [0.717, 1.165) is 15.9 Å². The first-order valence-corrected chi connectivity index (χ1v) is 8.35. The molecule has 1 unspecified atom stereocenters. The molecule has 0 aliphatic heterocycles. The average molecular weight is 323 g/mol. The van der Waals surface area contributed by atoms with Gasteiger partial charge in [0.25, 0.3) is 5.91 Å². The van der Waals surface area contributed by atoms with Crippen LogP contribution in [0.1, 0.15) is 55.9 Å². The molecule has 1 atom stereocenters. The number of aliphatic hydroxyl groups excluding tert-OH is 1. The van der Waals surface area contributed by atoms with Crippen LogP contribution >= 0.6 is 11.3 Å². The smallest absolute Gasteiger partial charge is 0.261 e. The number of hydrogen-bond donors (Lipinski definition) is 2. The number of nitrogens with zero attached hydrogens (tertiary/aromatic N) is 2. The molecule has 6 heteroatoms. The second-order valence-corrected chi connectivity index (χ2v) is 8.12. The summed E-state index contributed by atoms with van der Waals surface area (Å²) in [7, 11) is 1.90. The molecule has 5 nitrogen and oxygen atoms in total. The maximum Gasteiger partial charge on any atom is 0.261 e. The quantitative estimate of drug-likeness (QED) is 0.909. The molecule has 2 aromatic heterocycles. The Bertz CT molecular complexity index is 679. The van der Waals surface area contributed by atoms with Crippen LogP contribution in [-0.4, -0.2) is 33.4 Å². The predicted octanol–water partition coefficient (Wildman–Crippen LogP) is 2.90. The minimum atomic E-state index is -0.571. The number of aromatic nitrogens is 2. The first kappa shape index (κ1) is 17.0. The summed E-state index contributed by atoms with van der Waals surface area (Å²) in [6.07, 6.45) is -0.571. The van der Waals surface area contributed by atoms with Gasteiger partial charge in [-0.1, -0.05) is 34.6 Å². The van der Waals surface area contributed by atoms with Gasteiger partial charge in [0.2, 0.25) is 0 Å². The summed E-state index contributed by atoms with van der Waals surface area (Å²) in [4.78, 5) is 14.0. The Hall–Kier alpha value is -1.40. The lowest BCUT2D eigenvalue weighted by Gasteiger charge is -2.25. The van der Waals surface area contributed by atoms with E-state index in [9.17, 15) is 9.90 Å². The Morgan fingerprint density at radius 3 is 2.64 bits per heavy atom. The van der Waals surface area contributed by atoms with E-state index in [1.54, 1.807) is 0 Å². The Morgan fingerprint density at radius 2 is 2.09 bits per heavy atom. The molecule has 0 radical (unpaired) electrons. The normalized spacial score (nSPS) is 13.8. The van der Waals surface area contributed by atoms with Gasteiger partial charge < -0.3 is 10.4 Å². The van der Waals surface area contributed by atoms with Crippen LogP contribution in [0.15, 0.2) is 6.07 Å². The molecule has 0 bridgehead atoms. The van der Waals surface area contributed by atoms with E-state index in [1.807, 2.05) is 38.6 Å². The predicted molar refractivity (Wildman–Crippen MR) is 90.5 cm³/mol. The van der Waals surface area contributed by atoms with Crippen LogP contribution in [0.4, 0.5) is 0 Å². The maximum atomic E-state index is 12.3. The van der Waals surface area contributed by atoms with Crippen LogP contribution in [0.2, 0.25) is 0 Å². The number of carbonyl (C=O) groups excluding carboxylic acids is 1. The SMILES string of the molecule is CC(C)c1nn(C)c2sc(C(=O)NCC(O)C(C)(C)C)cc12. The molecule has 0 spiro atoms. The third-order valence-corrected chi connectivity index (χ3v) is 4.97. The molecule has 2 heterocycles. The number of rotatable bonds is 4. The molecule has 122 valence electrons. The van der Waals surface area contributed by atoms with E-state index in [1.165, 1.54) is 11.3 Å². The zero-order valence-electron chi connectivity index (χ0n) is 14.1. The van der Waals surface area contributed by atoms with Crippen LogP contribution in [0.25, 0.3) is 10.2 Å². The number of fused-ring (bicyclic) bond motifs is 1. The summed E-state index contributed by atoms with van der Waals surface area (Å²) >= 11 is 1.44. The van der Waals surface area contributed by atoms with Crippen molar-refractivity contribution in [1.82, 2.24) is 15.1 Å². The highest BCUT2D eigenvalue weighted by molar-refractivity contribution is 7.20. The molecule has 0 saturated heterocycles. The summed E-state index contributed by atoms with van der Waals surface area (Å²) in [5.41, 5.74) is 0.768. The van der Waals surface area contributed by atoms with E-state index in [-0.39, 0.29) is 17.9 Å². The summed E-state index contributed by atoms with van der Waals surface area (Å²) in [6.45, 7) is 10.3. The number of thiophene rings is 1. The summed E-state index contributed by atoms with van der Waals surface area (Å²) in [5, 5.41) is 18.4. The standard InChI is InChI=1S/C16H25N3O2S/c1-9(2)13-10-7-11(22-15(10)19(6)18-13)14(21)17-8-12(20)16(3,4)5/h7,9,12,20H,8H2,1-6H3,(H,17,21). The second-order valence-electron chi connectivity index (χ2n) is 7.08. The number of carbonyl (C=O) groups is 1. The van der Waals surface area contributed by atoms with E-state index in [2.05, 4.69) is 24.3 Å². The topological polar surface area (TPSA) is 67.2 Å². The number of nitrogens with one attached hydrogen (secondary N) is 1. The molecule has 2 rings (SSSR count). The van der Waals surface area contributed by atoms with Crippen molar-refractivity contribution < 1.29 is 9.90 Å². The fourth-order valence-electron chi connectivity index (χ4n) is 2.19. The monoisotopic (exact) mass is 323 g/mol. The van der Waals surface area contributed by atoms with Gasteiger partial charge in [0, 0.05) is 19.0 Å². The van der Waals surface area contributed by atoms with Gasteiger partial charge in [0.15, 0.2) is 0 Å². The van der Waals surface area contributed by atoms with Crippen molar-refractivity contribution in [3.05, 3.63) is 16.6 Å². The van der Waals surface area contributed by atoms with Crippen molar-refractivity contribution in [2.45, 2.75) is 46.6 Å². The van der Waals surface area contributed by atoms with Crippen molar-refractivity contribution in [2.24, 2.45) is 12.5 Å². The lowest BCUT2D eigenvalue weighted by Crippen LogP contribution is -2.39. The Balaban J connectivity index is 2.17. The first-order chi connectivity index (χ1) is 10.1. The minimum Gasteiger partial charge on any atom is -0.391 e. The first-order valence-electron chi connectivity index (χ1n) is 7.54. The molecule has 2 aromatic rings. The summed E-state index contributed by atoms with van der Waals surface area (Å²) in [6, 6.07) is 1.90. The van der Waals surface area contributed by atoms with E-state index < -0.39 is 6.10 Å². The fraction of sp³-hybridized carbons (Fsp3) is 0.625. The molecule has 0 aliphatic rings. The Labute approximate surface area is 135 Å². The van der Waals surface area contributed by atoms with Gasteiger partial charge in [0.05, 0.1) is 16.7 Å². The van der Waals surface area contributed by atoms with Gasteiger partial charge in [-0.2, -0.15) is 5.10 Å². The average Bonchev–Trinajstić information content (AvgIpc) is 2.95. The molecule has 2 N–H and O–H groups in total. The molecule has 0 aliphatic carbocycles. The molecular formula is C16H25N3O2S. The third-order valence-electron chi connectivity index (χ3n) is 3.77. The summed E-state index contributed by atoms with van der Waals surface area (Å²) in [5.74, 6) is 0.177. The van der Waals surface area contributed by atoms with E-state index in [4.69, 9.17) is 0 Å². The van der Waals surface area contributed by atoms with Gasteiger partial charge in [-0.25, -0.2) is 0 Å². The van der Waals surface area contributed by atoms with Gasteiger partial charge in [-0.15, -0.1) is 11.3 Å². The molecular weight excluding hydrogens is 298 g/mol. The van der Waals surface area contributed by atoms with Crippen molar-refractivity contribution in [3.63, 3.8) is 0 Å². The molecule has 22 heavy (non-hydrogen) atoms. The Kier molecular flexibility index (Phi) is 4.63. The number of hydrogen-bond acceptors (Lipinski definition) is 4. The highest BCUT2D eigenvalue weighted by Gasteiger charge is 2.23. The number of aliphatic hydroxyl groups is 1. The molecule has 1 amide bonds. The lowest BCUT2D eigenvalue weighted by molar-refractivity contribution is 0.0588. The minimum absolute atomic E-state index is 0.140. The van der Waals surface area contributed by atoms with Crippen LogP contribution in [0, 0.1) is 5.41 Å². The molecule has 0 fully saturated rings. The highest BCUT2D eigenvalue weighted by atomic mass is 32.1. The van der Waals surface area contributed by atoms with Gasteiger partial charge in [0.1, 0.15) is 4.83 Å². The van der Waals surface area contributed by atoms with Crippen molar-refractivity contribution in [3.8, 4) is 0 Å². The second kappa shape index (κ2) is 6.01. The van der Waals surface area contributed by atoms with Gasteiger partial charge in [-0.05, 0) is 17.4 Å². The van der Waals surface area contributed by atoms with Crippen LogP contribution in [0.3, 0.4) is 0 Å². The third kappa shape index (κ3) is 3.33. The van der Waals surface area contributed by atoms with Gasteiger partial charge >= 0.3 is 0 Å². The Morgan fingerprint density at radius 1 is 1.45 bits per heavy atom.